The summed E-state index contributed by atoms with van der Waals surface area (Å²) in [6.07, 6.45) is 4.46. The monoisotopic (exact) mass is 224 g/mol. The molecule has 0 aliphatic heterocycles. The Balaban J connectivity index is 2.58. The molecule has 1 aromatic rings. The molecular formula is C13H24N2O. The molecule has 1 heterocycles. The second-order valence-electron chi connectivity index (χ2n) is 4.73. The van der Waals surface area contributed by atoms with Crippen LogP contribution in [0.25, 0.3) is 0 Å². The van der Waals surface area contributed by atoms with Crippen LogP contribution in [0.1, 0.15) is 52.3 Å². The molecule has 3 heteroatoms. The van der Waals surface area contributed by atoms with Crippen LogP contribution in [-0.2, 0) is 6.42 Å². The van der Waals surface area contributed by atoms with Crippen molar-refractivity contribution in [1.29, 1.82) is 0 Å². The summed E-state index contributed by atoms with van der Waals surface area (Å²) in [6.45, 7) is 8.47. The van der Waals surface area contributed by atoms with Crippen LogP contribution in [0, 0.1) is 5.92 Å². The Kier molecular flexibility index (Phi) is 5.00. The summed E-state index contributed by atoms with van der Waals surface area (Å²) in [5.41, 5.74) is 0.994. The van der Waals surface area contributed by atoms with Crippen LogP contribution in [0.5, 0.6) is 0 Å². The summed E-state index contributed by atoms with van der Waals surface area (Å²) in [4.78, 5) is 0. The second-order valence-corrected chi connectivity index (χ2v) is 4.73. The molecule has 1 aromatic heterocycles. The average Bonchev–Trinajstić information content (AvgIpc) is 2.68. The topological polar surface area (TPSA) is 38.0 Å². The molecule has 92 valence electrons. The summed E-state index contributed by atoms with van der Waals surface area (Å²) in [7, 11) is 0. The van der Waals surface area contributed by atoms with E-state index in [9.17, 15) is 5.11 Å². The van der Waals surface area contributed by atoms with Crippen LogP contribution in [0.15, 0.2) is 12.3 Å². The van der Waals surface area contributed by atoms with Crippen LogP contribution in [0.4, 0.5) is 0 Å². The molecule has 1 atom stereocenters. The largest absolute Gasteiger partial charge is 0.392 e. The lowest BCUT2D eigenvalue weighted by Crippen LogP contribution is -2.22. The standard InChI is InChI=1S/C13H24N2O/c1-5-11(6-2)13(16)9-12-7-8-15(14-12)10(3)4/h7-8,10-11,13,16H,5-6,9H2,1-4H3. The second kappa shape index (κ2) is 6.04. The van der Waals surface area contributed by atoms with Crippen molar-refractivity contribution in [2.45, 2.75) is 59.1 Å². The predicted molar refractivity (Wildman–Crippen MR) is 66.4 cm³/mol. The normalized spacial score (nSPS) is 13.7. The van der Waals surface area contributed by atoms with Gasteiger partial charge in [-0.1, -0.05) is 26.7 Å². The van der Waals surface area contributed by atoms with Crippen molar-refractivity contribution in [2.24, 2.45) is 5.92 Å². The molecule has 0 bridgehead atoms. The molecular weight excluding hydrogens is 200 g/mol. The minimum Gasteiger partial charge on any atom is -0.392 e. The van der Waals surface area contributed by atoms with Crippen molar-refractivity contribution >= 4 is 0 Å². The van der Waals surface area contributed by atoms with Gasteiger partial charge in [-0.05, 0) is 25.8 Å². The number of aliphatic hydroxyl groups is 1. The summed E-state index contributed by atoms with van der Waals surface area (Å²) >= 11 is 0. The maximum atomic E-state index is 10.1. The Morgan fingerprint density at radius 3 is 2.38 bits per heavy atom. The van der Waals surface area contributed by atoms with Gasteiger partial charge < -0.3 is 5.11 Å². The molecule has 1 rings (SSSR count). The van der Waals surface area contributed by atoms with Crippen LogP contribution >= 0.6 is 0 Å². The molecule has 16 heavy (non-hydrogen) atoms. The number of nitrogens with zero attached hydrogens (tertiary/aromatic N) is 2. The Hall–Kier alpha value is -0.830. The van der Waals surface area contributed by atoms with Gasteiger partial charge in [0.15, 0.2) is 0 Å². The van der Waals surface area contributed by atoms with Crippen molar-refractivity contribution < 1.29 is 5.11 Å². The van der Waals surface area contributed by atoms with Crippen molar-refractivity contribution in [2.75, 3.05) is 0 Å². The number of aromatic nitrogens is 2. The molecule has 3 nitrogen and oxygen atoms in total. The van der Waals surface area contributed by atoms with E-state index in [1.165, 1.54) is 0 Å². The van der Waals surface area contributed by atoms with Gasteiger partial charge in [0.25, 0.3) is 0 Å². The van der Waals surface area contributed by atoms with E-state index in [4.69, 9.17) is 0 Å². The molecule has 1 N–H and O–H groups in total. The Labute approximate surface area is 98.5 Å². The van der Waals surface area contributed by atoms with Gasteiger partial charge >= 0.3 is 0 Å². The molecule has 0 amide bonds. The third-order valence-electron chi connectivity index (χ3n) is 3.20. The molecule has 0 aliphatic carbocycles. The highest BCUT2D eigenvalue weighted by molar-refractivity contribution is 5.01. The first-order valence-corrected chi connectivity index (χ1v) is 6.30. The summed E-state index contributed by atoms with van der Waals surface area (Å²) in [5, 5.41) is 14.5. The van der Waals surface area contributed by atoms with E-state index >= 15 is 0 Å². The maximum absolute atomic E-state index is 10.1. The van der Waals surface area contributed by atoms with E-state index in [0.29, 0.717) is 18.4 Å². The molecule has 0 radical (unpaired) electrons. The van der Waals surface area contributed by atoms with E-state index in [0.717, 1.165) is 18.5 Å². The van der Waals surface area contributed by atoms with Gasteiger partial charge in [-0.15, -0.1) is 0 Å². The predicted octanol–water partition coefficient (Wildman–Crippen LogP) is 2.80. The van der Waals surface area contributed by atoms with Crippen LogP contribution in [-0.4, -0.2) is 21.0 Å². The molecule has 0 saturated carbocycles. The Morgan fingerprint density at radius 2 is 1.94 bits per heavy atom. The highest BCUT2D eigenvalue weighted by Gasteiger charge is 2.17. The van der Waals surface area contributed by atoms with Crippen molar-refractivity contribution in [1.82, 2.24) is 9.78 Å². The fourth-order valence-corrected chi connectivity index (χ4v) is 1.99. The van der Waals surface area contributed by atoms with Gasteiger partial charge in [0.05, 0.1) is 11.8 Å². The zero-order chi connectivity index (χ0) is 12.1. The van der Waals surface area contributed by atoms with Gasteiger partial charge in [0.1, 0.15) is 0 Å². The maximum Gasteiger partial charge on any atom is 0.0650 e. The average molecular weight is 224 g/mol. The minimum absolute atomic E-state index is 0.259. The summed E-state index contributed by atoms with van der Waals surface area (Å²) in [5.74, 6) is 0.393. The van der Waals surface area contributed by atoms with Crippen molar-refractivity contribution in [3.8, 4) is 0 Å². The SMILES string of the molecule is CCC(CC)C(O)Cc1ccn(C(C)C)n1. The van der Waals surface area contributed by atoms with Gasteiger partial charge in [-0.25, -0.2) is 0 Å². The van der Waals surface area contributed by atoms with Gasteiger partial charge in [-0.3, -0.25) is 4.68 Å². The van der Waals surface area contributed by atoms with E-state index in [2.05, 4.69) is 32.8 Å². The number of hydrogen-bond acceptors (Lipinski definition) is 2. The van der Waals surface area contributed by atoms with Crippen molar-refractivity contribution in [3.05, 3.63) is 18.0 Å². The summed E-state index contributed by atoms with van der Waals surface area (Å²) < 4.78 is 1.94. The lowest BCUT2D eigenvalue weighted by atomic mass is 9.93. The number of aliphatic hydroxyl groups excluding tert-OH is 1. The first-order valence-electron chi connectivity index (χ1n) is 6.30. The quantitative estimate of drug-likeness (QED) is 0.807. The molecule has 0 fully saturated rings. The highest BCUT2D eigenvalue weighted by Crippen LogP contribution is 2.17. The van der Waals surface area contributed by atoms with E-state index in [1.54, 1.807) is 0 Å². The fourth-order valence-electron chi connectivity index (χ4n) is 1.99. The zero-order valence-electron chi connectivity index (χ0n) is 10.8. The molecule has 0 aromatic carbocycles. The van der Waals surface area contributed by atoms with E-state index < -0.39 is 0 Å². The molecule has 0 aliphatic rings. The first kappa shape index (κ1) is 13.2. The lowest BCUT2D eigenvalue weighted by Gasteiger charge is -2.18. The van der Waals surface area contributed by atoms with E-state index in [-0.39, 0.29) is 6.10 Å². The third kappa shape index (κ3) is 3.34. The van der Waals surface area contributed by atoms with Gasteiger partial charge in [0.2, 0.25) is 0 Å². The first-order chi connectivity index (χ1) is 7.58. The zero-order valence-corrected chi connectivity index (χ0v) is 10.8. The Bertz CT molecular complexity index is 303. The minimum atomic E-state index is -0.259. The number of rotatable bonds is 6. The molecule has 0 spiro atoms. The van der Waals surface area contributed by atoms with Crippen LogP contribution in [0.3, 0.4) is 0 Å². The lowest BCUT2D eigenvalue weighted by molar-refractivity contribution is 0.102. The molecule has 1 unspecified atom stereocenters. The fraction of sp³-hybridized carbons (Fsp3) is 0.769. The van der Waals surface area contributed by atoms with Crippen molar-refractivity contribution in [3.63, 3.8) is 0 Å². The van der Waals surface area contributed by atoms with Crippen LogP contribution in [0.2, 0.25) is 0 Å². The van der Waals surface area contributed by atoms with Crippen LogP contribution < -0.4 is 0 Å². The van der Waals surface area contributed by atoms with E-state index in [1.807, 2.05) is 16.9 Å². The van der Waals surface area contributed by atoms with Gasteiger partial charge in [0, 0.05) is 18.7 Å². The molecule has 0 saturated heterocycles. The highest BCUT2D eigenvalue weighted by atomic mass is 16.3. The smallest absolute Gasteiger partial charge is 0.0650 e. The summed E-state index contributed by atoms with van der Waals surface area (Å²) in [6, 6.07) is 2.39. The number of hydrogen-bond donors (Lipinski definition) is 1. The Morgan fingerprint density at radius 1 is 1.31 bits per heavy atom. The third-order valence-corrected chi connectivity index (χ3v) is 3.20. The van der Waals surface area contributed by atoms with Gasteiger partial charge in [-0.2, -0.15) is 5.10 Å².